The molecule has 1 aliphatic rings. The first kappa shape index (κ1) is 20.5. The topological polar surface area (TPSA) is 123 Å². The third-order valence-corrected chi connectivity index (χ3v) is 5.66. The molecule has 0 radical (unpaired) electrons. The molecular formula is C16H22N6O4S2. The van der Waals surface area contributed by atoms with E-state index in [-0.39, 0.29) is 23.8 Å². The number of esters is 1. The number of nitrogens with zero attached hydrogens (tertiary/aromatic N) is 5. The van der Waals surface area contributed by atoms with Crippen LogP contribution >= 0.6 is 23.1 Å². The predicted octanol–water partition coefficient (Wildman–Crippen LogP) is 2.45. The number of carbonyl (C=O) groups excluding carboxylic acids is 2. The first-order valence-electron chi connectivity index (χ1n) is 8.75. The summed E-state index contributed by atoms with van der Waals surface area (Å²) in [6, 6.07) is 0.209. The van der Waals surface area contributed by atoms with Crippen LogP contribution in [0.4, 0.5) is 11.1 Å². The van der Waals surface area contributed by atoms with E-state index in [1.807, 2.05) is 27.0 Å². The molecule has 1 atom stereocenters. The number of nitrogens with one attached hydrogen (secondary N) is 1. The standard InChI is InChI=1S/C16H22N6O4S2/c1-16(2,3)26-12(24)9-6-5-7-22(8-9)14-20-18-11(25-14)10(23)17-13-19-21-15(27-4)28-13/h9H,5-8H2,1-4H3,(H,17,19,23). The van der Waals surface area contributed by atoms with Crippen LogP contribution in [0, 0.1) is 5.92 Å². The van der Waals surface area contributed by atoms with Gasteiger partial charge in [-0.1, -0.05) is 28.2 Å². The van der Waals surface area contributed by atoms with Gasteiger partial charge in [0, 0.05) is 13.1 Å². The maximum atomic E-state index is 12.3. The van der Waals surface area contributed by atoms with Crippen LogP contribution in [0.5, 0.6) is 0 Å². The van der Waals surface area contributed by atoms with Crippen molar-refractivity contribution in [3.8, 4) is 0 Å². The Morgan fingerprint density at radius 2 is 2.07 bits per heavy atom. The molecule has 0 saturated carbocycles. The second-order valence-electron chi connectivity index (χ2n) is 7.24. The fraction of sp³-hybridized carbons (Fsp3) is 0.625. The molecule has 1 unspecified atom stereocenters. The Balaban J connectivity index is 1.62. The molecule has 0 bridgehead atoms. The van der Waals surface area contributed by atoms with Crippen molar-refractivity contribution in [2.45, 2.75) is 43.6 Å². The van der Waals surface area contributed by atoms with Gasteiger partial charge in [-0.3, -0.25) is 14.9 Å². The maximum Gasteiger partial charge on any atom is 0.318 e. The Morgan fingerprint density at radius 3 is 2.75 bits per heavy atom. The van der Waals surface area contributed by atoms with Crippen molar-refractivity contribution in [2.24, 2.45) is 5.92 Å². The molecule has 1 saturated heterocycles. The van der Waals surface area contributed by atoms with Crippen LogP contribution < -0.4 is 10.2 Å². The number of thioether (sulfide) groups is 1. The van der Waals surface area contributed by atoms with Gasteiger partial charge >= 0.3 is 23.8 Å². The summed E-state index contributed by atoms with van der Waals surface area (Å²) in [5.41, 5.74) is -0.532. The first-order valence-corrected chi connectivity index (χ1v) is 10.8. The van der Waals surface area contributed by atoms with E-state index >= 15 is 0 Å². The SMILES string of the molecule is CSc1nnc(NC(=O)c2nnc(N3CCCC(C(=O)OC(C)(C)C)C3)o2)s1. The third kappa shape index (κ3) is 5.19. The normalized spacial score (nSPS) is 17.4. The Bertz CT molecular complexity index is 846. The van der Waals surface area contributed by atoms with Crippen LogP contribution in [-0.2, 0) is 9.53 Å². The van der Waals surface area contributed by atoms with Crippen LogP contribution in [0.15, 0.2) is 8.76 Å². The number of carbonyl (C=O) groups is 2. The molecule has 0 spiro atoms. The molecule has 12 heteroatoms. The quantitative estimate of drug-likeness (QED) is 0.433. The minimum Gasteiger partial charge on any atom is -0.460 e. The number of amides is 1. The molecule has 2 aromatic heterocycles. The van der Waals surface area contributed by atoms with Crippen molar-refractivity contribution in [2.75, 3.05) is 29.6 Å². The van der Waals surface area contributed by atoms with Crippen molar-refractivity contribution in [1.29, 1.82) is 0 Å². The highest BCUT2D eigenvalue weighted by atomic mass is 32.2. The highest BCUT2D eigenvalue weighted by Gasteiger charge is 2.32. The van der Waals surface area contributed by atoms with E-state index in [1.165, 1.54) is 23.1 Å². The Labute approximate surface area is 170 Å². The van der Waals surface area contributed by atoms with E-state index in [4.69, 9.17) is 9.15 Å². The number of aromatic nitrogens is 4. The molecule has 1 amide bonds. The fourth-order valence-corrected chi connectivity index (χ4v) is 3.82. The molecular weight excluding hydrogens is 404 g/mol. The zero-order valence-electron chi connectivity index (χ0n) is 16.1. The molecule has 10 nitrogen and oxygen atoms in total. The summed E-state index contributed by atoms with van der Waals surface area (Å²) in [6.07, 6.45) is 3.40. The van der Waals surface area contributed by atoms with E-state index in [0.29, 0.717) is 18.2 Å². The highest BCUT2D eigenvalue weighted by Crippen LogP contribution is 2.26. The Morgan fingerprint density at radius 1 is 1.29 bits per heavy atom. The van der Waals surface area contributed by atoms with Crippen molar-refractivity contribution < 1.29 is 18.7 Å². The van der Waals surface area contributed by atoms with Crippen LogP contribution in [0.1, 0.15) is 44.3 Å². The van der Waals surface area contributed by atoms with Gasteiger partial charge < -0.3 is 14.1 Å². The molecule has 1 fully saturated rings. The van der Waals surface area contributed by atoms with Gasteiger partial charge in [0.2, 0.25) is 5.13 Å². The lowest BCUT2D eigenvalue weighted by Gasteiger charge is -2.31. The van der Waals surface area contributed by atoms with Gasteiger partial charge in [0.25, 0.3) is 0 Å². The highest BCUT2D eigenvalue weighted by molar-refractivity contribution is 8.00. The number of ether oxygens (including phenoxy) is 1. The Hall–Kier alpha value is -2.21. The van der Waals surface area contributed by atoms with Crippen molar-refractivity contribution in [1.82, 2.24) is 20.4 Å². The van der Waals surface area contributed by atoms with Crippen molar-refractivity contribution >= 4 is 46.1 Å². The summed E-state index contributed by atoms with van der Waals surface area (Å²) in [5, 5.41) is 18.5. The average molecular weight is 427 g/mol. The minimum absolute atomic E-state index is 0.171. The number of rotatable bonds is 5. The number of piperidine rings is 1. The van der Waals surface area contributed by atoms with E-state index in [1.54, 1.807) is 4.90 Å². The molecule has 2 aromatic rings. The monoisotopic (exact) mass is 426 g/mol. The van der Waals surface area contributed by atoms with Gasteiger partial charge in [-0.25, -0.2) is 0 Å². The summed E-state index contributed by atoms with van der Waals surface area (Å²) in [4.78, 5) is 26.4. The summed E-state index contributed by atoms with van der Waals surface area (Å²) < 4.78 is 11.7. The molecule has 3 rings (SSSR count). The molecule has 0 aliphatic carbocycles. The largest absolute Gasteiger partial charge is 0.460 e. The van der Waals surface area contributed by atoms with Gasteiger partial charge in [0.05, 0.1) is 5.92 Å². The smallest absolute Gasteiger partial charge is 0.318 e. The summed E-state index contributed by atoms with van der Waals surface area (Å²) >= 11 is 2.69. The van der Waals surface area contributed by atoms with Gasteiger partial charge in [0.1, 0.15) is 5.60 Å². The van der Waals surface area contributed by atoms with Crippen LogP contribution in [0.3, 0.4) is 0 Å². The first-order chi connectivity index (χ1) is 13.2. The minimum atomic E-state index is -0.553. The molecule has 152 valence electrons. The lowest BCUT2D eigenvalue weighted by molar-refractivity contribution is -0.160. The summed E-state index contributed by atoms with van der Waals surface area (Å²) in [5.74, 6) is -1.24. The van der Waals surface area contributed by atoms with Crippen LogP contribution in [-0.4, -0.2) is 57.2 Å². The third-order valence-electron chi connectivity index (χ3n) is 3.84. The van der Waals surface area contributed by atoms with Crippen molar-refractivity contribution in [3.63, 3.8) is 0 Å². The molecule has 0 aromatic carbocycles. The lowest BCUT2D eigenvalue weighted by Crippen LogP contribution is -2.41. The zero-order valence-corrected chi connectivity index (χ0v) is 17.7. The molecule has 1 N–H and O–H groups in total. The van der Waals surface area contributed by atoms with Crippen LogP contribution in [0.25, 0.3) is 0 Å². The molecule has 3 heterocycles. The fourth-order valence-electron chi connectivity index (χ4n) is 2.66. The lowest BCUT2D eigenvalue weighted by atomic mass is 9.98. The van der Waals surface area contributed by atoms with E-state index in [0.717, 1.165) is 17.2 Å². The maximum absolute atomic E-state index is 12.3. The van der Waals surface area contributed by atoms with Crippen LogP contribution in [0.2, 0.25) is 0 Å². The predicted molar refractivity (Wildman–Crippen MR) is 105 cm³/mol. The summed E-state index contributed by atoms with van der Waals surface area (Å²) in [6.45, 7) is 6.60. The number of hydrogen-bond acceptors (Lipinski definition) is 11. The van der Waals surface area contributed by atoms with Gasteiger partial charge in [-0.05, 0) is 39.9 Å². The zero-order chi connectivity index (χ0) is 20.3. The number of hydrogen-bond donors (Lipinski definition) is 1. The number of anilines is 2. The molecule has 28 heavy (non-hydrogen) atoms. The Kier molecular flexibility index (Phi) is 6.18. The molecule has 1 aliphatic heterocycles. The van der Waals surface area contributed by atoms with E-state index in [9.17, 15) is 9.59 Å². The summed E-state index contributed by atoms with van der Waals surface area (Å²) in [7, 11) is 0. The second-order valence-corrected chi connectivity index (χ2v) is 9.27. The van der Waals surface area contributed by atoms with Gasteiger partial charge in [-0.2, -0.15) is 0 Å². The van der Waals surface area contributed by atoms with E-state index < -0.39 is 11.5 Å². The average Bonchev–Trinajstić information content (AvgIpc) is 3.30. The second kappa shape index (κ2) is 8.43. The van der Waals surface area contributed by atoms with E-state index in [2.05, 4.69) is 25.7 Å². The van der Waals surface area contributed by atoms with Crippen molar-refractivity contribution in [3.05, 3.63) is 5.89 Å². The van der Waals surface area contributed by atoms with Gasteiger partial charge in [-0.15, -0.1) is 15.3 Å². The van der Waals surface area contributed by atoms with Gasteiger partial charge in [0.15, 0.2) is 4.34 Å².